The lowest BCUT2D eigenvalue weighted by Gasteiger charge is -2.51. The number of rotatable bonds is 14. The smallest absolute Gasteiger partial charge is 0.238 e. The van der Waals surface area contributed by atoms with Gasteiger partial charge in [-0.05, 0) is 57.8 Å². The number of primary amides is 1. The zero-order chi connectivity index (χ0) is 34.6. The average Bonchev–Trinajstić information content (AvgIpc) is 3.62. The van der Waals surface area contributed by atoms with E-state index in [-0.39, 0.29) is 29.8 Å². The molecule has 4 atom stereocenters. The van der Waals surface area contributed by atoms with Crippen LogP contribution in [0.1, 0.15) is 149 Å². The van der Waals surface area contributed by atoms with E-state index in [4.69, 9.17) is 5.73 Å². The Morgan fingerprint density at radius 1 is 0.796 bits per heavy atom. The first kappa shape index (κ1) is 38.5. The summed E-state index contributed by atoms with van der Waals surface area (Å²) < 4.78 is 0. The van der Waals surface area contributed by atoms with Crippen LogP contribution in [0.5, 0.6) is 0 Å². The van der Waals surface area contributed by atoms with Gasteiger partial charge in [0.25, 0.3) is 0 Å². The van der Waals surface area contributed by atoms with Crippen molar-refractivity contribution in [2.24, 2.45) is 23.5 Å². The number of nitrogens with one attached hydrogen (secondary N) is 2. The number of amides is 3. The summed E-state index contributed by atoms with van der Waals surface area (Å²) in [6, 6.07) is -0.0704. The van der Waals surface area contributed by atoms with Crippen LogP contribution >= 0.6 is 0 Å². The molecule has 9 heteroatoms. The van der Waals surface area contributed by atoms with E-state index in [1.807, 2.05) is 0 Å². The fraction of sp³-hybridized carbons (Fsp3) is 0.925. The van der Waals surface area contributed by atoms with Crippen LogP contribution in [0.3, 0.4) is 0 Å². The molecule has 5 fully saturated rings. The Kier molecular flexibility index (Phi) is 15.1. The van der Waals surface area contributed by atoms with Crippen LogP contribution in [-0.4, -0.2) is 102 Å². The van der Waals surface area contributed by atoms with Gasteiger partial charge in [-0.25, -0.2) is 0 Å². The number of carbonyl (C=O) groups excluding carboxylic acids is 3. The SMILES string of the molecule is CC1CN(C(CCCC2CCCC2)(CC(C(=O)NCCC2CCCCCCC2)N2CCN(C(=O)C3CCCCC3)CC2)C(N)=O)C(C)CN1. The molecule has 5 rings (SSSR count). The van der Waals surface area contributed by atoms with Crippen molar-refractivity contribution in [2.75, 3.05) is 45.8 Å². The van der Waals surface area contributed by atoms with Crippen LogP contribution in [-0.2, 0) is 14.4 Å². The monoisotopic (exact) mass is 685 g/mol. The normalized spacial score (nSPS) is 28.0. The number of nitrogens with zero attached hydrogens (tertiary/aromatic N) is 3. The maximum Gasteiger partial charge on any atom is 0.238 e. The van der Waals surface area contributed by atoms with E-state index in [0.717, 1.165) is 64.0 Å². The first-order chi connectivity index (χ1) is 23.8. The van der Waals surface area contributed by atoms with Gasteiger partial charge in [-0.2, -0.15) is 0 Å². The topological polar surface area (TPSA) is 111 Å². The van der Waals surface area contributed by atoms with Crippen molar-refractivity contribution < 1.29 is 14.4 Å². The van der Waals surface area contributed by atoms with Gasteiger partial charge in [-0.15, -0.1) is 0 Å². The van der Waals surface area contributed by atoms with Gasteiger partial charge >= 0.3 is 0 Å². The molecule has 4 unspecified atom stereocenters. The molecule has 0 spiro atoms. The van der Waals surface area contributed by atoms with E-state index in [0.29, 0.717) is 57.4 Å². The zero-order valence-corrected chi connectivity index (χ0v) is 31.4. The van der Waals surface area contributed by atoms with Gasteiger partial charge in [0.2, 0.25) is 17.7 Å². The Labute approximate surface area is 298 Å². The molecule has 3 amide bonds. The Balaban J connectivity index is 1.34. The summed E-state index contributed by atoms with van der Waals surface area (Å²) in [6.07, 6.45) is 24.1. The summed E-state index contributed by atoms with van der Waals surface area (Å²) in [5.74, 6) is 1.64. The standard InChI is InChI=1S/C40H72N6O3/c1-31-30-46(32(2)29-43-31)40(39(41)49,22-13-18-33-16-11-12-17-33)28-36(37(47)42-23-21-34-14-7-4-3-5-8-15-34)44-24-26-45(27-25-44)38(48)35-19-9-6-10-20-35/h31-36,43H,3-30H2,1-2H3,(H2,41,49)(H,42,47). The van der Waals surface area contributed by atoms with Gasteiger partial charge in [0.1, 0.15) is 5.54 Å². The molecule has 0 radical (unpaired) electrons. The molecule has 3 saturated carbocycles. The Hall–Kier alpha value is -1.71. The quantitative estimate of drug-likeness (QED) is 0.220. The summed E-state index contributed by atoms with van der Waals surface area (Å²) in [4.78, 5) is 48.7. The highest BCUT2D eigenvalue weighted by Crippen LogP contribution is 2.36. The minimum Gasteiger partial charge on any atom is -0.368 e. The van der Waals surface area contributed by atoms with Crippen molar-refractivity contribution in [3.8, 4) is 0 Å². The van der Waals surface area contributed by atoms with Crippen molar-refractivity contribution in [3.05, 3.63) is 0 Å². The van der Waals surface area contributed by atoms with E-state index in [1.165, 1.54) is 77.0 Å². The van der Waals surface area contributed by atoms with Gasteiger partial charge in [0, 0.05) is 63.8 Å². The predicted octanol–water partition coefficient (Wildman–Crippen LogP) is 5.60. The molecular formula is C40H72N6O3. The van der Waals surface area contributed by atoms with Gasteiger partial charge in [0.05, 0.1) is 6.04 Å². The number of hydrogen-bond acceptors (Lipinski definition) is 6. The van der Waals surface area contributed by atoms with Gasteiger partial charge in [-0.3, -0.25) is 24.2 Å². The van der Waals surface area contributed by atoms with E-state index in [2.05, 4.69) is 39.2 Å². The second-order valence-corrected chi connectivity index (χ2v) is 17.0. The van der Waals surface area contributed by atoms with Gasteiger partial charge in [0.15, 0.2) is 0 Å². The molecule has 0 aromatic rings. The van der Waals surface area contributed by atoms with Crippen LogP contribution in [0, 0.1) is 17.8 Å². The van der Waals surface area contributed by atoms with E-state index in [9.17, 15) is 14.4 Å². The van der Waals surface area contributed by atoms with Crippen LogP contribution < -0.4 is 16.4 Å². The highest BCUT2D eigenvalue weighted by Gasteiger charge is 2.49. The molecule has 2 heterocycles. The van der Waals surface area contributed by atoms with Crippen LogP contribution in [0.2, 0.25) is 0 Å². The molecule has 4 N–H and O–H groups in total. The van der Waals surface area contributed by atoms with Gasteiger partial charge < -0.3 is 21.3 Å². The summed E-state index contributed by atoms with van der Waals surface area (Å²) in [5.41, 5.74) is 5.65. The van der Waals surface area contributed by atoms with E-state index in [1.54, 1.807) is 0 Å². The average molecular weight is 685 g/mol. The van der Waals surface area contributed by atoms with Crippen molar-refractivity contribution >= 4 is 17.7 Å². The van der Waals surface area contributed by atoms with Crippen LogP contribution in [0.4, 0.5) is 0 Å². The maximum atomic E-state index is 14.5. The third-order valence-electron chi connectivity index (χ3n) is 13.4. The van der Waals surface area contributed by atoms with Crippen molar-refractivity contribution in [1.29, 1.82) is 0 Å². The third kappa shape index (κ3) is 10.7. The molecule has 0 bridgehead atoms. The van der Waals surface area contributed by atoms with Crippen LogP contribution in [0.15, 0.2) is 0 Å². The fourth-order valence-corrected chi connectivity index (χ4v) is 10.2. The Morgan fingerprint density at radius 3 is 2.02 bits per heavy atom. The minimum absolute atomic E-state index is 0.0372. The lowest BCUT2D eigenvalue weighted by atomic mass is 9.79. The summed E-state index contributed by atoms with van der Waals surface area (Å²) >= 11 is 0. The van der Waals surface area contributed by atoms with Crippen molar-refractivity contribution in [2.45, 2.75) is 172 Å². The zero-order valence-electron chi connectivity index (χ0n) is 31.4. The first-order valence-corrected chi connectivity index (χ1v) is 20.9. The molecular weight excluding hydrogens is 612 g/mol. The summed E-state index contributed by atoms with van der Waals surface area (Å²) in [6.45, 7) is 9.23. The fourth-order valence-electron chi connectivity index (χ4n) is 10.2. The molecule has 0 aromatic heterocycles. The summed E-state index contributed by atoms with van der Waals surface area (Å²) in [7, 11) is 0. The molecule has 49 heavy (non-hydrogen) atoms. The minimum atomic E-state index is -0.898. The molecule has 3 aliphatic carbocycles. The van der Waals surface area contributed by atoms with Crippen molar-refractivity contribution in [3.63, 3.8) is 0 Å². The Bertz CT molecular complexity index is 1030. The largest absolute Gasteiger partial charge is 0.368 e. The molecule has 2 saturated heterocycles. The van der Waals surface area contributed by atoms with Gasteiger partial charge in [-0.1, -0.05) is 103 Å². The lowest BCUT2D eigenvalue weighted by Crippen LogP contribution is -2.69. The highest BCUT2D eigenvalue weighted by atomic mass is 16.2. The number of piperazine rings is 2. The number of nitrogens with two attached hydrogens (primary N) is 1. The molecule has 280 valence electrons. The lowest BCUT2D eigenvalue weighted by molar-refractivity contribution is -0.142. The molecule has 2 aliphatic heterocycles. The molecule has 9 nitrogen and oxygen atoms in total. The highest BCUT2D eigenvalue weighted by molar-refractivity contribution is 5.88. The second kappa shape index (κ2) is 19.2. The number of hydrogen-bond donors (Lipinski definition) is 3. The third-order valence-corrected chi connectivity index (χ3v) is 13.4. The second-order valence-electron chi connectivity index (χ2n) is 17.0. The predicted molar refractivity (Wildman–Crippen MR) is 198 cm³/mol. The van der Waals surface area contributed by atoms with Crippen LogP contribution in [0.25, 0.3) is 0 Å². The van der Waals surface area contributed by atoms with E-state index < -0.39 is 11.6 Å². The Morgan fingerprint density at radius 2 is 1.37 bits per heavy atom. The number of carbonyl (C=O) groups is 3. The molecule has 5 aliphatic rings. The van der Waals surface area contributed by atoms with Crippen molar-refractivity contribution in [1.82, 2.24) is 25.3 Å². The first-order valence-electron chi connectivity index (χ1n) is 20.9. The summed E-state index contributed by atoms with van der Waals surface area (Å²) in [5, 5.41) is 6.99. The molecule has 0 aromatic carbocycles. The maximum absolute atomic E-state index is 14.5. The van der Waals surface area contributed by atoms with E-state index >= 15 is 0 Å².